The van der Waals surface area contributed by atoms with Crippen LogP contribution in [0.3, 0.4) is 0 Å². The number of thiazole rings is 1. The second kappa shape index (κ2) is 6.71. The molecule has 0 aliphatic heterocycles. The van der Waals surface area contributed by atoms with Gasteiger partial charge in [0.25, 0.3) is 0 Å². The molecule has 1 rings (SSSR count). The van der Waals surface area contributed by atoms with E-state index in [0.717, 1.165) is 18.1 Å². The molecule has 0 saturated carbocycles. The van der Waals surface area contributed by atoms with Crippen molar-refractivity contribution in [2.45, 2.75) is 33.2 Å². The van der Waals surface area contributed by atoms with Crippen LogP contribution in [0.1, 0.15) is 36.9 Å². The first-order valence-electron chi connectivity index (χ1n) is 5.82. The van der Waals surface area contributed by atoms with Crippen LogP contribution in [0.5, 0.6) is 0 Å². The predicted molar refractivity (Wildman–Crippen MR) is 71.1 cm³/mol. The Kier molecular flexibility index (Phi) is 5.58. The molecule has 0 N–H and O–H groups in total. The third-order valence-corrected chi connectivity index (χ3v) is 3.88. The van der Waals surface area contributed by atoms with Crippen LogP contribution in [-0.2, 0) is 4.74 Å². The number of rotatable bonds is 7. The van der Waals surface area contributed by atoms with Gasteiger partial charge in [0.1, 0.15) is 0 Å². The summed E-state index contributed by atoms with van der Waals surface area (Å²) in [6, 6.07) is 0.399. The largest absolute Gasteiger partial charge is 0.383 e. The summed E-state index contributed by atoms with van der Waals surface area (Å²) < 4.78 is 5.11. The molecule has 1 unspecified atom stereocenters. The minimum Gasteiger partial charge on any atom is -0.383 e. The molecule has 0 radical (unpaired) electrons. The van der Waals surface area contributed by atoms with E-state index < -0.39 is 0 Å². The van der Waals surface area contributed by atoms with E-state index >= 15 is 0 Å². The van der Waals surface area contributed by atoms with Crippen LogP contribution in [0.4, 0.5) is 5.13 Å². The van der Waals surface area contributed by atoms with E-state index in [-0.39, 0.29) is 5.78 Å². The molecule has 1 aromatic heterocycles. The Morgan fingerprint density at radius 3 is 2.82 bits per heavy atom. The second-order valence-corrected chi connectivity index (χ2v) is 5.02. The van der Waals surface area contributed by atoms with Crippen molar-refractivity contribution in [2.75, 3.05) is 25.2 Å². The fourth-order valence-electron chi connectivity index (χ4n) is 1.48. The van der Waals surface area contributed by atoms with Crippen molar-refractivity contribution in [2.24, 2.45) is 0 Å². The van der Waals surface area contributed by atoms with E-state index in [9.17, 15) is 4.79 Å². The van der Waals surface area contributed by atoms with Crippen LogP contribution >= 0.6 is 11.3 Å². The summed E-state index contributed by atoms with van der Waals surface area (Å²) in [6.45, 7) is 7.34. The first-order valence-corrected chi connectivity index (χ1v) is 6.64. The van der Waals surface area contributed by atoms with Gasteiger partial charge in [0.15, 0.2) is 10.9 Å². The van der Waals surface area contributed by atoms with Gasteiger partial charge >= 0.3 is 0 Å². The van der Waals surface area contributed by atoms with Gasteiger partial charge in [0.2, 0.25) is 0 Å². The average Bonchev–Trinajstić information content (AvgIpc) is 2.78. The van der Waals surface area contributed by atoms with Crippen LogP contribution in [0.15, 0.2) is 6.20 Å². The number of carbonyl (C=O) groups excluding carboxylic acids is 1. The molecular weight excluding hydrogens is 236 g/mol. The molecular formula is C12H20N2O2S. The van der Waals surface area contributed by atoms with E-state index in [4.69, 9.17) is 4.74 Å². The maximum Gasteiger partial charge on any atom is 0.186 e. The van der Waals surface area contributed by atoms with Gasteiger partial charge in [0.05, 0.1) is 17.7 Å². The Bertz CT molecular complexity index is 365. The normalized spacial score (nSPS) is 12.5. The molecule has 17 heavy (non-hydrogen) atoms. The maximum absolute atomic E-state index is 11.3. The number of ether oxygens (including phenoxy) is 1. The van der Waals surface area contributed by atoms with Crippen molar-refractivity contribution < 1.29 is 9.53 Å². The standard InChI is InChI=1S/C12H20N2O2S/c1-5-9(2)14(6-7-16-4)12-13-8-11(17-12)10(3)15/h8-9H,5-7H2,1-4H3. The van der Waals surface area contributed by atoms with Crippen molar-refractivity contribution in [3.05, 3.63) is 11.1 Å². The smallest absolute Gasteiger partial charge is 0.186 e. The average molecular weight is 256 g/mol. The van der Waals surface area contributed by atoms with Gasteiger partial charge in [0, 0.05) is 26.6 Å². The predicted octanol–water partition coefficient (Wildman–Crippen LogP) is 2.60. The minimum absolute atomic E-state index is 0.0737. The third kappa shape index (κ3) is 3.78. The number of ketones is 1. The third-order valence-electron chi connectivity index (χ3n) is 2.75. The zero-order valence-corrected chi connectivity index (χ0v) is 11.7. The number of anilines is 1. The number of aromatic nitrogens is 1. The van der Waals surface area contributed by atoms with Gasteiger partial charge in [-0.3, -0.25) is 4.79 Å². The highest BCUT2D eigenvalue weighted by molar-refractivity contribution is 7.17. The summed E-state index contributed by atoms with van der Waals surface area (Å²) in [4.78, 5) is 18.5. The van der Waals surface area contributed by atoms with E-state index in [1.807, 2.05) is 0 Å². The molecule has 1 atom stereocenters. The van der Waals surface area contributed by atoms with Crippen LogP contribution in [-0.4, -0.2) is 37.1 Å². The van der Waals surface area contributed by atoms with Crippen molar-refractivity contribution in [1.29, 1.82) is 0 Å². The molecule has 0 spiro atoms. The minimum atomic E-state index is 0.0737. The van der Waals surface area contributed by atoms with Crippen LogP contribution in [0.2, 0.25) is 0 Å². The van der Waals surface area contributed by atoms with Crippen molar-refractivity contribution in [3.63, 3.8) is 0 Å². The molecule has 1 aromatic rings. The van der Waals surface area contributed by atoms with Crippen LogP contribution < -0.4 is 4.90 Å². The molecule has 1 heterocycles. The summed E-state index contributed by atoms with van der Waals surface area (Å²) >= 11 is 1.45. The number of carbonyl (C=O) groups is 1. The number of nitrogens with zero attached hydrogens (tertiary/aromatic N) is 2. The number of methoxy groups -OCH3 is 1. The topological polar surface area (TPSA) is 42.4 Å². The van der Waals surface area contributed by atoms with Gasteiger partial charge in [-0.25, -0.2) is 4.98 Å². The molecule has 0 saturated heterocycles. The molecule has 0 aromatic carbocycles. The SMILES string of the molecule is CCC(C)N(CCOC)c1ncc(C(C)=O)s1. The Morgan fingerprint density at radius 2 is 2.35 bits per heavy atom. The number of Topliss-reactive ketones (excluding diaryl/α,β-unsaturated/α-hetero) is 1. The van der Waals surface area contributed by atoms with Gasteiger partial charge in [-0.2, -0.15) is 0 Å². The lowest BCUT2D eigenvalue weighted by atomic mass is 10.2. The number of hydrogen-bond acceptors (Lipinski definition) is 5. The zero-order valence-electron chi connectivity index (χ0n) is 10.9. The lowest BCUT2D eigenvalue weighted by Crippen LogP contribution is -2.35. The summed E-state index contributed by atoms with van der Waals surface area (Å²) in [5.41, 5.74) is 0. The summed E-state index contributed by atoms with van der Waals surface area (Å²) in [6.07, 6.45) is 2.70. The summed E-state index contributed by atoms with van der Waals surface area (Å²) in [5, 5.41) is 0.904. The first kappa shape index (κ1) is 14.1. The van der Waals surface area contributed by atoms with E-state index in [1.54, 1.807) is 20.2 Å². The highest BCUT2D eigenvalue weighted by atomic mass is 32.1. The second-order valence-electron chi connectivity index (χ2n) is 4.01. The Morgan fingerprint density at radius 1 is 1.65 bits per heavy atom. The molecule has 4 nitrogen and oxygen atoms in total. The molecule has 0 amide bonds. The van der Waals surface area contributed by atoms with E-state index in [2.05, 4.69) is 23.7 Å². The number of hydrogen-bond donors (Lipinski definition) is 0. The van der Waals surface area contributed by atoms with Gasteiger partial charge < -0.3 is 9.64 Å². The Labute approximate surface area is 107 Å². The summed E-state index contributed by atoms with van der Waals surface area (Å²) in [7, 11) is 1.69. The van der Waals surface area contributed by atoms with Gasteiger partial charge in [-0.1, -0.05) is 18.3 Å². The van der Waals surface area contributed by atoms with Crippen molar-refractivity contribution in [1.82, 2.24) is 4.98 Å². The van der Waals surface area contributed by atoms with Crippen LogP contribution in [0.25, 0.3) is 0 Å². The highest BCUT2D eigenvalue weighted by Crippen LogP contribution is 2.25. The van der Waals surface area contributed by atoms with Crippen LogP contribution in [0, 0.1) is 0 Å². The maximum atomic E-state index is 11.3. The Balaban J connectivity index is 2.83. The van der Waals surface area contributed by atoms with Crippen molar-refractivity contribution in [3.8, 4) is 0 Å². The fraction of sp³-hybridized carbons (Fsp3) is 0.667. The highest BCUT2D eigenvalue weighted by Gasteiger charge is 2.17. The lowest BCUT2D eigenvalue weighted by Gasteiger charge is -2.27. The first-order chi connectivity index (χ1) is 8.10. The fourth-order valence-corrected chi connectivity index (χ4v) is 2.41. The van der Waals surface area contributed by atoms with Gasteiger partial charge in [-0.05, 0) is 13.3 Å². The van der Waals surface area contributed by atoms with E-state index in [1.165, 1.54) is 11.3 Å². The molecule has 0 fully saturated rings. The van der Waals surface area contributed by atoms with E-state index in [0.29, 0.717) is 17.5 Å². The molecule has 5 heteroatoms. The molecule has 0 aliphatic carbocycles. The lowest BCUT2D eigenvalue weighted by molar-refractivity contribution is 0.102. The zero-order chi connectivity index (χ0) is 12.8. The van der Waals surface area contributed by atoms with Crippen molar-refractivity contribution >= 4 is 22.3 Å². The molecule has 96 valence electrons. The molecule has 0 aliphatic rings. The van der Waals surface area contributed by atoms with Gasteiger partial charge in [-0.15, -0.1) is 0 Å². The summed E-state index contributed by atoms with van der Waals surface area (Å²) in [5.74, 6) is 0.0737. The quantitative estimate of drug-likeness (QED) is 0.703. The molecule has 0 bridgehead atoms. The Hall–Kier alpha value is -0.940. The monoisotopic (exact) mass is 256 g/mol.